The number of rotatable bonds is 11. The SMILES string of the molecule is CC(C)CCCC(C)NC(=O)CN(CCC(=O)O)C1CC1. The molecule has 1 aliphatic carbocycles. The lowest BCUT2D eigenvalue weighted by molar-refractivity contribution is -0.137. The Kier molecular flexibility index (Phi) is 7.72. The molecule has 1 fully saturated rings. The van der Waals surface area contributed by atoms with Crippen molar-refractivity contribution in [3.8, 4) is 0 Å². The summed E-state index contributed by atoms with van der Waals surface area (Å²) >= 11 is 0. The molecule has 0 bridgehead atoms. The fraction of sp³-hybridized carbons (Fsp3) is 0.875. The van der Waals surface area contributed by atoms with Gasteiger partial charge in [-0.25, -0.2) is 0 Å². The Bertz CT molecular complexity index is 340. The molecule has 0 saturated heterocycles. The van der Waals surface area contributed by atoms with Gasteiger partial charge in [0.05, 0.1) is 13.0 Å². The first kappa shape index (κ1) is 18.0. The highest BCUT2D eigenvalue weighted by Gasteiger charge is 2.30. The van der Waals surface area contributed by atoms with Gasteiger partial charge in [-0.15, -0.1) is 0 Å². The van der Waals surface area contributed by atoms with Crippen LogP contribution in [-0.2, 0) is 9.59 Å². The lowest BCUT2D eigenvalue weighted by Crippen LogP contribution is -2.42. The van der Waals surface area contributed by atoms with E-state index in [0.29, 0.717) is 25.0 Å². The fourth-order valence-corrected chi connectivity index (χ4v) is 2.48. The van der Waals surface area contributed by atoms with Crippen LogP contribution in [0.5, 0.6) is 0 Å². The zero-order chi connectivity index (χ0) is 15.8. The number of amides is 1. The molecule has 0 aromatic heterocycles. The predicted molar refractivity (Wildman–Crippen MR) is 83.1 cm³/mol. The van der Waals surface area contributed by atoms with E-state index in [1.165, 1.54) is 6.42 Å². The Morgan fingerprint density at radius 2 is 1.90 bits per heavy atom. The molecule has 5 nitrogen and oxygen atoms in total. The predicted octanol–water partition coefficient (Wildman–Crippen LogP) is 2.26. The summed E-state index contributed by atoms with van der Waals surface area (Å²) in [7, 11) is 0. The second-order valence-corrected chi connectivity index (χ2v) is 6.64. The normalized spacial score (nSPS) is 16.2. The van der Waals surface area contributed by atoms with Crippen LogP contribution in [0.25, 0.3) is 0 Å². The third-order valence-electron chi connectivity index (χ3n) is 3.85. The molecule has 1 rings (SSSR count). The Morgan fingerprint density at radius 1 is 1.24 bits per heavy atom. The van der Waals surface area contributed by atoms with Crippen LogP contribution in [0.15, 0.2) is 0 Å². The molecule has 0 aromatic carbocycles. The minimum atomic E-state index is -0.803. The first-order valence-electron chi connectivity index (χ1n) is 8.13. The molecule has 0 aliphatic heterocycles. The maximum atomic E-state index is 12.0. The highest BCUT2D eigenvalue weighted by molar-refractivity contribution is 5.78. The molecule has 1 unspecified atom stereocenters. The number of hydrogen-bond acceptors (Lipinski definition) is 3. The number of hydrogen-bond donors (Lipinski definition) is 2. The topological polar surface area (TPSA) is 69.6 Å². The smallest absolute Gasteiger partial charge is 0.304 e. The molecule has 5 heteroatoms. The van der Waals surface area contributed by atoms with Crippen LogP contribution < -0.4 is 5.32 Å². The van der Waals surface area contributed by atoms with Crippen molar-refractivity contribution in [2.75, 3.05) is 13.1 Å². The molecule has 1 saturated carbocycles. The van der Waals surface area contributed by atoms with E-state index in [4.69, 9.17) is 5.11 Å². The maximum absolute atomic E-state index is 12.0. The van der Waals surface area contributed by atoms with Gasteiger partial charge in [0.15, 0.2) is 0 Å². The number of aliphatic carboxylic acids is 1. The third-order valence-corrected chi connectivity index (χ3v) is 3.85. The number of carboxylic acid groups (broad SMARTS) is 1. The Balaban J connectivity index is 2.24. The molecule has 1 amide bonds. The quantitative estimate of drug-likeness (QED) is 0.614. The second-order valence-electron chi connectivity index (χ2n) is 6.64. The van der Waals surface area contributed by atoms with E-state index in [1.807, 2.05) is 11.8 Å². The van der Waals surface area contributed by atoms with Gasteiger partial charge in [0.1, 0.15) is 0 Å². The zero-order valence-electron chi connectivity index (χ0n) is 13.6. The van der Waals surface area contributed by atoms with Gasteiger partial charge in [0.2, 0.25) is 5.91 Å². The summed E-state index contributed by atoms with van der Waals surface area (Å²) < 4.78 is 0. The molecule has 122 valence electrons. The molecule has 0 radical (unpaired) electrons. The highest BCUT2D eigenvalue weighted by atomic mass is 16.4. The monoisotopic (exact) mass is 298 g/mol. The van der Waals surface area contributed by atoms with Gasteiger partial charge in [-0.3, -0.25) is 14.5 Å². The van der Waals surface area contributed by atoms with Crippen LogP contribution in [0.1, 0.15) is 59.3 Å². The fourth-order valence-electron chi connectivity index (χ4n) is 2.48. The average Bonchev–Trinajstić information content (AvgIpc) is 3.17. The molecule has 1 aliphatic rings. The standard InChI is InChI=1S/C16H30N2O3/c1-12(2)5-4-6-13(3)17-15(19)11-18(14-7-8-14)10-9-16(20)21/h12-14H,4-11H2,1-3H3,(H,17,19)(H,20,21). The van der Waals surface area contributed by atoms with E-state index < -0.39 is 5.97 Å². The van der Waals surface area contributed by atoms with E-state index in [1.54, 1.807) is 0 Å². The van der Waals surface area contributed by atoms with Gasteiger partial charge in [0, 0.05) is 18.6 Å². The summed E-state index contributed by atoms with van der Waals surface area (Å²) in [6.45, 7) is 7.25. The minimum absolute atomic E-state index is 0.0179. The van der Waals surface area contributed by atoms with Crippen molar-refractivity contribution in [2.45, 2.75) is 71.4 Å². The molecular weight excluding hydrogens is 268 g/mol. The molecule has 2 N–H and O–H groups in total. The van der Waals surface area contributed by atoms with Gasteiger partial charge in [-0.2, -0.15) is 0 Å². The van der Waals surface area contributed by atoms with E-state index >= 15 is 0 Å². The second kappa shape index (κ2) is 9.03. The van der Waals surface area contributed by atoms with Crippen LogP contribution >= 0.6 is 0 Å². The Morgan fingerprint density at radius 3 is 2.43 bits per heavy atom. The van der Waals surface area contributed by atoms with Crippen molar-refractivity contribution in [1.29, 1.82) is 0 Å². The van der Waals surface area contributed by atoms with Crippen molar-refractivity contribution in [3.63, 3.8) is 0 Å². The van der Waals surface area contributed by atoms with Crippen molar-refractivity contribution in [3.05, 3.63) is 0 Å². The van der Waals surface area contributed by atoms with Gasteiger partial charge in [-0.1, -0.05) is 26.7 Å². The van der Waals surface area contributed by atoms with E-state index in [2.05, 4.69) is 19.2 Å². The van der Waals surface area contributed by atoms with Gasteiger partial charge < -0.3 is 10.4 Å². The van der Waals surface area contributed by atoms with Crippen molar-refractivity contribution in [1.82, 2.24) is 10.2 Å². The van der Waals surface area contributed by atoms with E-state index in [-0.39, 0.29) is 18.4 Å². The van der Waals surface area contributed by atoms with Crippen molar-refractivity contribution in [2.24, 2.45) is 5.92 Å². The summed E-state index contributed by atoms with van der Waals surface area (Å²) in [5.41, 5.74) is 0. The average molecular weight is 298 g/mol. The summed E-state index contributed by atoms with van der Waals surface area (Å²) in [6.07, 6.45) is 5.58. The summed E-state index contributed by atoms with van der Waals surface area (Å²) in [5.74, 6) is -0.0817. The number of carbonyl (C=O) groups is 2. The molecule has 0 spiro atoms. The summed E-state index contributed by atoms with van der Waals surface area (Å²) in [5, 5.41) is 11.8. The van der Waals surface area contributed by atoms with Crippen LogP contribution in [0.2, 0.25) is 0 Å². The number of carbonyl (C=O) groups excluding carboxylic acids is 1. The maximum Gasteiger partial charge on any atom is 0.304 e. The molecule has 21 heavy (non-hydrogen) atoms. The van der Waals surface area contributed by atoms with Crippen LogP contribution in [-0.4, -0.2) is 47.1 Å². The number of nitrogens with zero attached hydrogens (tertiary/aromatic N) is 1. The Labute approximate surface area is 128 Å². The third kappa shape index (κ3) is 8.71. The molecule has 0 heterocycles. The first-order valence-corrected chi connectivity index (χ1v) is 8.13. The highest BCUT2D eigenvalue weighted by Crippen LogP contribution is 2.26. The van der Waals surface area contributed by atoms with Gasteiger partial charge >= 0.3 is 5.97 Å². The summed E-state index contributed by atoms with van der Waals surface area (Å²) in [4.78, 5) is 24.7. The molecular formula is C16H30N2O3. The number of nitrogens with one attached hydrogen (secondary N) is 1. The first-order chi connectivity index (χ1) is 9.88. The lowest BCUT2D eigenvalue weighted by Gasteiger charge is -2.22. The van der Waals surface area contributed by atoms with Crippen molar-refractivity contribution >= 4 is 11.9 Å². The van der Waals surface area contributed by atoms with Gasteiger partial charge in [0.25, 0.3) is 0 Å². The van der Waals surface area contributed by atoms with E-state index in [0.717, 1.165) is 25.7 Å². The van der Waals surface area contributed by atoms with E-state index in [9.17, 15) is 9.59 Å². The lowest BCUT2D eigenvalue weighted by atomic mass is 10.0. The molecule has 0 aromatic rings. The van der Waals surface area contributed by atoms with Crippen LogP contribution in [0.3, 0.4) is 0 Å². The van der Waals surface area contributed by atoms with Crippen LogP contribution in [0.4, 0.5) is 0 Å². The zero-order valence-corrected chi connectivity index (χ0v) is 13.6. The Hall–Kier alpha value is -1.10. The largest absolute Gasteiger partial charge is 0.481 e. The van der Waals surface area contributed by atoms with Crippen LogP contribution in [0, 0.1) is 5.92 Å². The van der Waals surface area contributed by atoms with Crippen molar-refractivity contribution < 1.29 is 14.7 Å². The minimum Gasteiger partial charge on any atom is -0.481 e. The molecule has 1 atom stereocenters. The summed E-state index contributed by atoms with van der Waals surface area (Å²) in [6, 6.07) is 0.600. The van der Waals surface area contributed by atoms with Gasteiger partial charge in [-0.05, 0) is 32.1 Å². The number of carboxylic acids is 1.